The van der Waals surface area contributed by atoms with Gasteiger partial charge in [0.1, 0.15) is 0 Å². The fraction of sp³-hybridized carbons (Fsp3) is 0.364. The van der Waals surface area contributed by atoms with Crippen LogP contribution in [-0.4, -0.2) is 41.9 Å². The number of hydrogen-bond donors (Lipinski definition) is 2. The van der Waals surface area contributed by atoms with Gasteiger partial charge in [0.15, 0.2) is 0 Å². The number of hydrogen-bond acceptors (Lipinski definition) is 6. The van der Waals surface area contributed by atoms with E-state index >= 15 is 0 Å². The van der Waals surface area contributed by atoms with Crippen LogP contribution in [0.25, 0.3) is 0 Å². The van der Waals surface area contributed by atoms with E-state index in [4.69, 9.17) is 4.74 Å². The van der Waals surface area contributed by atoms with Crippen LogP contribution in [0.3, 0.4) is 0 Å². The van der Waals surface area contributed by atoms with Gasteiger partial charge in [0, 0.05) is 0 Å². The van der Waals surface area contributed by atoms with Gasteiger partial charge in [0.2, 0.25) is 20.0 Å². The maximum absolute atomic E-state index is 11.7. The SMILES string of the molecule is CCOC(=O)c1cc(NS(C)(=O)=O)cc(NS(C)(=O)=O)c1. The van der Waals surface area contributed by atoms with Crippen molar-refractivity contribution in [2.24, 2.45) is 0 Å². The summed E-state index contributed by atoms with van der Waals surface area (Å²) in [6.45, 7) is 1.75. The van der Waals surface area contributed by atoms with E-state index < -0.39 is 26.0 Å². The molecule has 0 aromatic heterocycles. The Balaban J connectivity index is 3.28. The second-order valence-electron chi connectivity index (χ2n) is 4.27. The van der Waals surface area contributed by atoms with Gasteiger partial charge in [-0.25, -0.2) is 21.6 Å². The van der Waals surface area contributed by atoms with E-state index in [0.29, 0.717) is 0 Å². The van der Waals surface area contributed by atoms with Gasteiger partial charge in [-0.05, 0) is 25.1 Å². The summed E-state index contributed by atoms with van der Waals surface area (Å²) >= 11 is 0. The Morgan fingerprint density at radius 2 is 1.43 bits per heavy atom. The fourth-order valence-electron chi connectivity index (χ4n) is 1.51. The lowest BCUT2D eigenvalue weighted by Crippen LogP contribution is -2.14. The topological polar surface area (TPSA) is 119 Å². The molecule has 0 aliphatic carbocycles. The first-order chi connectivity index (χ1) is 9.50. The van der Waals surface area contributed by atoms with Crippen molar-refractivity contribution < 1.29 is 26.4 Å². The molecular formula is C11H16N2O6S2. The molecule has 1 rings (SSSR count). The van der Waals surface area contributed by atoms with Crippen LogP contribution < -0.4 is 9.44 Å². The maximum Gasteiger partial charge on any atom is 0.338 e. The van der Waals surface area contributed by atoms with Gasteiger partial charge in [-0.2, -0.15) is 0 Å². The van der Waals surface area contributed by atoms with E-state index in [1.165, 1.54) is 18.2 Å². The molecule has 0 atom stereocenters. The highest BCUT2D eigenvalue weighted by molar-refractivity contribution is 7.92. The summed E-state index contributed by atoms with van der Waals surface area (Å²) in [5, 5.41) is 0. The second kappa shape index (κ2) is 6.31. The molecule has 8 nitrogen and oxygen atoms in total. The number of ether oxygens (including phenoxy) is 1. The molecule has 0 bridgehead atoms. The number of benzene rings is 1. The van der Waals surface area contributed by atoms with Gasteiger partial charge in [-0.15, -0.1) is 0 Å². The van der Waals surface area contributed by atoms with Crippen LogP contribution in [-0.2, 0) is 24.8 Å². The van der Waals surface area contributed by atoms with Crippen molar-refractivity contribution in [3.05, 3.63) is 23.8 Å². The molecule has 0 fully saturated rings. The van der Waals surface area contributed by atoms with Crippen LogP contribution in [0.15, 0.2) is 18.2 Å². The van der Waals surface area contributed by atoms with Crippen molar-refractivity contribution in [1.29, 1.82) is 0 Å². The number of sulfonamides is 2. The summed E-state index contributed by atoms with van der Waals surface area (Å²) in [5.74, 6) is -0.689. The van der Waals surface area contributed by atoms with E-state index in [2.05, 4.69) is 9.44 Å². The number of carbonyl (C=O) groups excluding carboxylic acids is 1. The molecule has 0 saturated heterocycles. The van der Waals surface area contributed by atoms with E-state index in [-0.39, 0.29) is 23.5 Å². The first-order valence-corrected chi connectivity index (χ1v) is 9.56. The molecule has 0 aliphatic heterocycles. The third kappa shape index (κ3) is 6.45. The minimum absolute atomic E-state index is 0.0247. The molecule has 118 valence electrons. The monoisotopic (exact) mass is 336 g/mol. The van der Waals surface area contributed by atoms with Crippen LogP contribution in [0.5, 0.6) is 0 Å². The van der Waals surface area contributed by atoms with Crippen molar-refractivity contribution in [1.82, 2.24) is 0 Å². The van der Waals surface area contributed by atoms with Crippen molar-refractivity contribution in [3.8, 4) is 0 Å². The summed E-state index contributed by atoms with van der Waals surface area (Å²) in [6.07, 6.45) is 1.88. The predicted molar refractivity (Wildman–Crippen MR) is 79.3 cm³/mol. The Bertz CT molecular complexity index is 688. The van der Waals surface area contributed by atoms with Crippen molar-refractivity contribution >= 4 is 37.4 Å². The highest BCUT2D eigenvalue weighted by atomic mass is 32.2. The molecule has 0 unspecified atom stereocenters. The predicted octanol–water partition coefficient (Wildman–Crippen LogP) is 0.606. The zero-order chi connectivity index (χ0) is 16.3. The average Bonchev–Trinajstić information content (AvgIpc) is 2.23. The summed E-state index contributed by atoms with van der Waals surface area (Å²) in [4.78, 5) is 11.7. The summed E-state index contributed by atoms with van der Waals surface area (Å²) < 4.78 is 54.1. The van der Waals surface area contributed by atoms with Crippen molar-refractivity contribution in [2.75, 3.05) is 28.6 Å². The third-order valence-electron chi connectivity index (χ3n) is 2.05. The Labute approximate surface area is 123 Å². The van der Waals surface area contributed by atoms with E-state index in [9.17, 15) is 21.6 Å². The molecule has 1 aromatic rings. The Hall–Kier alpha value is -1.81. The van der Waals surface area contributed by atoms with E-state index in [1.54, 1.807) is 6.92 Å². The lowest BCUT2D eigenvalue weighted by molar-refractivity contribution is 0.0526. The number of carbonyl (C=O) groups is 1. The molecule has 0 amide bonds. The Morgan fingerprint density at radius 3 is 1.76 bits per heavy atom. The molecular weight excluding hydrogens is 320 g/mol. The molecule has 0 radical (unpaired) electrons. The number of anilines is 2. The summed E-state index contributed by atoms with van der Waals surface area (Å²) in [7, 11) is -7.14. The highest BCUT2D eigenvalue weighted by Crippen LogP contribution is 2.21. The van der Waals surface area contributed by atoms with E-state index in [1.807, 2.05) is 0 Å². The van der Waals surface area contributed by atoms with Gasteiger partial charge in [-0.3, -0.25) is 9.44 Å². The normalized spacial score (nSPS) is 11.8. The quantitative estimate of drug-likeness (QED) is 0.735. The summed E-state index contributed by atoms with van der Waals surface area (Å²) in [6, 6.07) is 3.77. The molecule has 0 aliphatic rings. The highest BCUT2D eigenvalue weighted by Gasteiger charge is 2.13. The third-order valence-corrected chi connectivity index (χ3v) is 3.26. The lowest BCUT2D eigenvalue weighted by Gasteiger charge is -2.11. The van der Waals surface area contributed by atoms with Crippen LogP contribution in [0.1, 0.15) is 17.3 Å². The van der Waals surface area contributed by atoms with Gasteiger partial charge in [0.25, 0.3) is 0 Å². The fourth-order valence-corrected chi connectivity index (χ4v) is 2.60. The number of rotatable bonds is 6. The largest absolute Gasteiger partial charge is 0.462 e. The van der Waals surface area contributed by atoms with Crippen molar-refractivity contribution in [2.45, 2.75) is 6.92 Å². The van der Waals surface area contributed by atoms with Gasteiger partial charge in [-0.1, -0.05) is 0 Å². The Morgan fingerprint density at radius 1 is 1.00 bits per heavy atom. The molecule has 0 heterocycles. The standard InChI is InChI=1S/C11H16N2O6S2/c1-4-19-11(14)8-5-9(12-20(2,15)16)7-10(6-8)13-21(3,17)18/h5-7,12-13H,4H2,1-3H3. The van der Waals surface area contributed by atoms with Gasteiger partial charge >= 0.3 is 5.97 Å². The molecule has 21 heavy (non-hydrogen) atoms. The van der Waals surface area contributed by atoms with Gasteiger partial charge in [0.05, 0.1) is 36.1 Å². The molecule has 0 spiro atoms. The Kier molecular flexibility index (Phi) is 5.18. The average molecular weight is 336 g/mol. The molecule has 2 N–H and O–H groups in total. The first-order valence-electron chi connectivity index (χ1n) is 5.78. The minimum atomic E-state index is -3.57. The van der Waals surface area contributed by atoms with E-state index in [0.717, 1.165) is 12.5 Å². The first kappa shape index (κ1) is 17.2. The smallest absolute Gasteiger partial charge is 0.338 e. The van der Waals surface area contributed by atoms with Crippen molar-refractivity contribution in [3.63, 3.8) is 0 Å². The van der Waals surface area contributed by atoms with Crippen LogP contribution in [0.4, 0.5) is 11.4 Å². The molecule has 1 aromatic carbocycles. The maximum atomic E-state index is 11.7. The van der Waals surface area contributed by atoms with Crippen LogP contribution in [0.2, 0.25) is 0 Å². The molecule has 10 heteroatoms. The molecule has 0 saturated carbocycles. The van der Waals surface area contributed by atoms with Crippen LogP contribution in [0, 0.1) is 0 Å². The zero-order valence-corrected chi connectivity index (χ0v) is 13.3. The number of esters is 1. The number of nitrogens with one attached hydrogen (secondary N) is 2. The van der Waals surface area contributed by atoms with Crippen LogP contribution >= 0.6 is 0 Å². The lowest BCUT2D eigenvalue weighted by atomic mass is 10.2. The van der Waals surface area contributed by atoms with Gasteiger partial charge < -0.3 is 4.74 Å². The zero-order valence-electron chi connectivity index (χ0n) is 11.7. The minimum Gasteiger partial charge on any atom is -0.462 e. The second-order valence-corrected chi connectivity index (χ2v) is 7.76. The summed E-state index contributed by atoms with van der Waals surface area (Å²) in [5.41, 5.74) is 0.125.